The molecule has 1 aliphatic heterocycles. The monoisotopic (exact) mass is 399 g/mol. The van der Waals surface area contributed by atoms with Crippen molar-refractivity contribution >= 4 is 5.57 Å². The van der Waals surface area contributed by atoms with E-state index in [0.29, 0.717) is 0 Å². The van der Waals surface area contributed by atoms with Crippen LogP contribution in [-0.2, 0) is 19.3 Å². The van der Waals surface area contributed by atoms with E-state index in [1.165, 1.54) is 65.6 Å². The topological polar surface area (TPSA) is 3.24 Å². The SMILES string of the molecule is C=C(CC)N1CCC(=C(c2ccc(CCC)c(C)c2)c2ccc3c(c2)CCC3)CC1. The van der Waals surface area contributed by atoms with Crippen LogP contribution in [0.15, 0.2) is 54.2 Å². The van der Waals surface area contributed by atoms with Crippen molar-refractivity contribution in [2.24, 2.45) is 0 Å². The summed E-state index contributed by atoms with van der Waals surface area (Å²) in [6.07, 6.45) is 9.51. The number of piperidine rings is 1. The lowest BCUT2D eigenvalue weighted by molar-refractivity contribution is 0.315. The van der Waals surface area contributed by atoms with Crippen LogP contribution in [0.1, 0.15) is 79.3 Å². The van der Waals surface area contributed by atoms with E-state index in [-0.39, 0.29) is 0 Å². The lowest BCUT2D eigenvalue weighted by Gasteiger charge is -2.33. The zero-order valence-electron chi connectivity index (χ0n) is 19.2. The molecule has 0 amide bonds. The van der Waals surface area contributed by atoms with Crippen molar-refractivity contribution in [1.82, 2.24) is 4.90 Å². The van der Waals surface area contributed by atoms with Gasteiger partial charge in [-0.3, -0.25) is 0 Å². The molecule has 2 aliphatic rings. The van der Waals surface area contributed by atoms with Crippen molar-refractivity contribution in [3.05, 3.63) is 87.6 Å². The van der Waals surface area contributed by atoms with Gasteiger partial charge in [0.25, 0.3) is 0 Å². The smallest absolute Gasteiger partial charge is 0.0212 e. The van der Waals surface area contributed by atoms with Crippen LogP contribution in [0, 0.1) is 6.92 Å². The Morgan fingerprint density at radius 1 is 0.900 bits per heavy atom. The van der Waals surface area contributed by atoms with Gasteiger partial charge in [0.1, 0.15) is 0 Å². The summed E-state index contributed by atoms with van der Waals surface area (Å²) in [5.41, 5.74) is 13.3. The predicted octanol–water partition coefficient (Wildman–Crippen LogP) is 7.26. The van der Waals surface area contributed by atoms with Crippen LogP contribution in [0.25, 0.3) is 5.57 Å². The molecule has 0 saturated carbocycles. The Labute approximate surface area is 183 Å². The van der Waals surface area contributed by atoms with E-state index in [1.807, 2.05) is 0 Å². The maximum absolute atomic E-state index is 4.27. The van der Waals surface area contributed by atoms with Gasteiger partial charge in [0, 0.05) is 18.8 Å². The van der Waals surface area contributed by atoms with E-state index in [1.54, 1.807) is 16.7 Å². The molecule has 0 atom stereocenters. The second-order valence-electron chi connectivity index (χ2n) is 9.11. The Morgan fingerprint density at radius 2 is 1.60 bits per heavy atom. The molecule has 158 valence electrons. The third kappa shape index (κ3) is 4.26. The zero-order valence-corrected chi connectivity index (χ0v) is 19.2. The van der Waals surface area contributed by atoms with Gasteiger partial charge < -0.3 is 4.90 Å². The Balaban J connectivity index is 1.74. The van der Waals surface area contributed by atoms with Gasteiger partial charge >= 0.3 is 0 Å². The summed E-state index contributed by atoms with van der Waals surface area (Å²) in [6.45, 7) is 13.2. The van der Waals surface area contributed by atoms with Crippen molar-refractivity contribution < 1.29 is 0 Å². The lowest BCUT2D eigenvalue weighted by Crippen LogP contribution is -2.29. The van der Waals surface area contributed by atoms with E-state index >= 15 is 0 Å². The Hall–Kier alpha value is -2.28. The summed E-state index contributed by atoms with van der Waals surface area (Å²) in [7, 11) is 0. The second-order valence-corrected chi connectivity index (χ2v) is 9.11. The van der Waals surface area contributed by atoms with E-state index in [0.717, 1.165) is 32.4 Å². The molecule has 1 aliphatic carbocycles. The maximum atomic E-state index is 4.27. The van der Waals surface area contributed by atoms with Crippen LogP contribution < -0.4 is 0 Å². The molecule has 0 unspecified atom stereocenters. The number of aryl methyl sites for hydroxylation is 4. The summed E-state index contributed by atoms with van der Waals surface area (Å²) in [5, 5.41) is 0. The number of benzene rings is 2. The summed E-state index contributed by atoms with van der Waals surface area (Å²) in [6, 6.07) is 14.5. The molecule has 0 N–H and O–H groups in total. The molecule has 0 radical (unpaired) electrons. The molecule has 2 aromatic carbocycles. The van der Waals surface area contributed by atoms with Crippen LogP contribution >= 0.6 is 0 Å². The largest absolute Gasteiger partial charge is 0.375 e. The highest BCUT2D eigenvalue weighted by atomic mass is 15.1. The Kier molecular flexibility index (Phi) is 6.46. The van der Waals surface area contributed by atoms with E-state index < -0.39 is 0 Å². The third-order valence-corrected chi connectivity index (χ3v) is 7.11. The fourth-order valence-electron chi connectivity index (χ4n) is 5.27. The summed E-state index contributed by atoms with van der Waals surface area (Å²) in [4.78, 5) is 2.49. The van der Waals surface area contributed by atoms with Crippen LogP contribution in [0.4, 0.5) is 0 Å². The number of rotatable bonds is 6. The average molecular weight is 400 g/mol. The van der Waals surface area contributed by atoms with E-state index in [2.05, 4.69) is 68.6 Å². The molecule has 30 heavy (non-hydrogen) atoms. The first-order valence-corrected chi connectivity index (χ1v) is 12.0. The number of allylic oxidation sites excluding steroid dienone is 1. The van der Waals surface area contributed by atoms with Gasteiger partial charge in [-0.25, -0.2) is 0 Å². The quantitative estimate of drug-likeness (QED) is 0.494. The minimum Gasteiger partial charge on any atom is -0.375 e. The van der Waals surface area contributed by atoms with Crippen LogP contribution in [-0.4, -0.2) is 18.0 Å². The molecule has 0 spiro atoms. The average Bonchev–Trinajstić information content (AvgIpc) is 3.24. The van der Waals surface area contributed by atoms with Gasteiger partial charge in [-0.05, 0) is 90.8 Å². The molecule has 1 saturated heterocycles. The van der Waals surface area contributed by atoms with Crippen molar-refractivity contribution in [3.8, 4) is 0 Å². The second kappa shape index (κ2) is 9.25. The number of likely N-dealkylation sites (tertiary alicyclic amines) is 1. The minimum absolute atomic E-state index is 1.05. The van der Waals surface area contributed by atoms with Gasteiger partial charge in [0.05, 0.1) is 0 Å². The van der Waals surface area contributed by atoms with Crippen LogP contribution in [0.2, 0.25) is 0 Å². The normalized spacial score (nSPS) is 16.0. The molecule has 1 heteroatoms. The van der Waals surface area contributed by atoms with Gasteiger partial charge in [0.15, 0.2) is 0 Å². The standard InChI is InChI=1S/C29H37N/c1-5-8-23-11-13-27(19-21(23)3)29(25-15-17-30(18-16-25)22(4)6-2)28-14-12-24-9-7-10-26(24)20-28/h11-14,19-20H,4-10,15-18H2,1-3H3. The number of hydrogen-bond acceptors (Lipinski definition) is 1. The molecule has 0 aromatic heterocycles. The minimum atomic E-state index is 1.05. The predicted molar refractivity (Wildman–Crippen MR) is 130 cm³/mol. The van der Waals surface area contributed by atoms with E-state index in [4.69, 9.17) is 0 Å². The zero-order chi connectivity index (χ0) is 21.1. The molecule has 1 nitrogen and oxygen atoms in total. The lowest BCUT2D eigenvalue weighted by atomic mass is 9.86. The van der Waals surface area contributed by atoms with Crippen molar-refractivity contribution in [1.29, 1.82) is 0 Å². The van der Waals surface area contributed by atoms with Crippen molar-refractivity contribution in [2.45, 2.75) is 72.1 Å². The molecular weight excluding hydrogens is 362 g/mol. The Bertz CT molecular complexity index is 952. The third-order valence-electron chi connectivity index (χ3n) is 7.11. The Morgan fingerprint density at radius 3 is 2.30 bits per heavy atom. The van der Waals surface area contributed by atoms with Gasteiger partial charge in [0.2, 0.25) is 0 Å². The van der Waals surface area contributed by atoms with Gasteiger partial charge in [-0.15, -0.1) is 0 Å². The molecule has 2 aromatic rings. The first-order valence-electron chi connectivity index (χ1n) is 12.0. The first-order chi connectivity index (χ1) is 14.6. The van der Waals surface area contributed by atoms with Gasteiger partial charge in [-0.2, -0.15) is 0 Å². The van der Waals surface area contributed by atoms with Crippen molar-refractivity contribution in [2.75, 3.05) is 13.1 Å². The van der Waals surface area contributed by atoms with E-state index in [9.17, 15) is 0 Å². The maximum Gasteiger partial charge on any atom is 0.0212 e. The molecule has 0 bridgehead atoms. The van der Waals surface area contributed by atoms with Crippen LogP contribution in [0.3, 0.4) is 0 Å². The van der Waals surface area contributed by atoms with Crippen LogP contribution in [0.5, 0.6) is 0 Å². The number of fused-ring (bicyclic) bond motifs is 1. The molecule has 1 fully saturated rings. The summed E-state index contributed by atoms with van der Waals surface area (Å²) in [5.74, 6) is 0. The highest BCUT2D eigenvalue weighted by molar-refractivity contribution is 5.83. The van der Waals surface area contributed by atoms with Gasteiger partial charge in [-0.1, -0.05) is 68.8 Å². The first kappa shape index (κ1) is 21.0. The fourth-order valence-corrected chi connectivity index (χ4v) is 5.27. The highest BCUT2D eigenvalue weighted by Gasteiger charge is 2.21. The highest BCUT2D eigenvalue weighted by Crippen LogP contribution is 2.36. The summed E-state index contributed by atoms with van der Waals surface area (Å²) >= 11 is 0. The number of hydrogen-bond donors (Lipinski definition) is 0. The van der Waals surface area contributed by atoms with Crippen molar-refractivity contribution in [3.63, 3.8) is 0 Å². The molecule has 1 heterocycles. The fraction of sp³-hybridized carbons (Fsp3) is 0.448. The molecular formula is C29H37N. The summed E-state index contributed by atoms with van der Waals surface area (Å²) < 4.78 is 0. The number of nitrogens with zero attached hydrogens (tertiary/aromatic N) is 1. The molecule has 4 rings (SSSR count).